The first-order valence-corrected chi connectivity index (χ1v) is 8.33. The highest BCUT2D eigenvalue weighted by Gasteiger charge is 2.22. The number of carbonyl (C=O) groups is 2. The fraction of sp³-hybridized carbons (Fsp3) is 0.263. The quantitative estimate of drug-likeness (QED) is 0.404. The molecule has 0 aromatic heterocycles. The molecule has 2 aromatic rings. The van der Waals surface area contributed by atoms with Gasteiger partial charge in [-0.25, -0.2) is 4.79 Å². The first-order valence-electron chi connectivity index (χ1n) is 8.33. The van der Waals surface area contributed by atoms with Crippen molar-refractivity contribution in [2.24, 2.45) is 0 Å². The van der Waals surface area contributed by atoms with Gasteiger partial charge < -0.3 is 24.3 Å². The Morgan fingerprint density at radius 2 is 1.72 bits per heavy atom. The molecule has 154 valence electrons. The van der Waals surface area contributed by atoms with Gasteiger partial charge in [-0.05, 0) is 24.6 Å². The van der Waals surface area contributed by atoms with Gasteiger partial charge in [0, 0.05) is 12.1 Å². The van der Waals surface area contributed by atoms with E-state index in [2.05, 4.69) is 5.32 Å². The molecule has 1 amide bonds. The monoisotopic (exact) mass is 404 g/mol. The molecule has 29 heavy (non-hydrogen) atoms. The number of non-ortho nitro benzene ring substituents is 1. The van der Waals surface area contributed by atoms with E-state index in [1.807, 2.05) is 0 Å². The summed E-state index contributed by atoms with van der Waals surface area (Å²) in [5, 5.41) is 13.4. The molecule has 0 atom stereocenters. The number of hydrogen-bond donors (Lipinski definition) is 1. The minimum absolute atomic E-state index is 0.0458. The van der Waals surface area contributed by atoms with Gasteiger partial charge in [0.2, 0.25) is 5.75 Å². The second-order valence-corrected chi connectivity index (χ2v) is 5.76. The molecule has 0 aliphatic carbocycles. The van der Waals surface area contributed by atoms with Crippen LogP contribution in [0.1, 0.15) is 15.9 Å². The van der Waals surface area contributed by atoms with E-state index in [1.54, 1.807) is 6.92 Å². The third-order valence-corrected chi connectivity index (χ3v) is 3.96. The van der Waals surface area contributed by atoms with E-state index in [4.69, 9.17) is 18.9 Å². The Labute approximate surface area is 166 Å². The van der Waals surface area contributed by atoms with Gasteiger partial charge in [0.15, 0.2) is 18.1 Å². The average molecular weight is 404 g/mol. The lowest BCUT2D eigenvalue weighted by molar-refractivity contribution is -0.384. The second-order valence-electron chi connectivity index (χ2n) is 5.76. The van der Waals surface area contributed by atoms with Crippen molar-refractivity contribution in [3.05, 3.63) is 51.6 Å². The lowest BCUT2D eigenvalue weighted by Crippen LogP contribution is -2.21. The molecule has 1 N–H and O–H groups in total. The van der Waals surface area contributed by atoms with Crippen molar-refractivity contribution in [2.75, 3.05) is 33.3 Å². The molecule has 0 saturated heterocycles. The van der Waals surface area contributed by atoms with Gasteiger partial charge in [-0.3, -0.25) is 14.9 Å². The molecule has 0 aliphatic rings. The fourth-order valence-electron chi connectivity index (χ4n) is 2.52. The van der Waals surface area contributed by atoms with Crippen molar-refractivity contribution >= 4 is 23.3 Å². The van der Waals surface area contributed by atoms with E-state index in [0.717, 1.165) is 0 Å². The number of nitro benzene ring substituents is 1. The van der Waals surface area contributed by atoms with E-state index in [0.29, 0.717) is 11.3 Å². The number of rotatable bonds is 8. The summed E-state index contributed by atoms with van der Waals surface area (Å²) in [4.78, 5) is 34.8. The normalized spacial score (nSPS) is 10.1. The number of nitro groups is 1. The molecule has 0 spiro atoms. The van der Waals surface area contributed by atoms with Crippen LogP contribution >= 0.6 is 0 Å². The minimum Gasteiger partial charge on any atom is -0.493 e. The van der Waals surface area contributed by atoms with Crippen LogP contribution in [0.25, 0.3) is 0 Å². The van der Waals surface area contributed by atoms with Gasteiger partial charge in [0.05, 0.1) is 31.9 Å². The van der Waals surface area contributed by atoms with Crippen molar-refractivity contribution in [2.45, 2.75) is 6.92 Å². The molecule has 10 heteroatoms. The van der Waals surface area contributed by atoms with Crippen molar-refractivity contribution in [1.29, 1.82) is 0 Å². The average Bonchev–Trinajstić information content (AvgIpc) is 2.71. The summed E-state index contributed by atoms with van der Waals surface area (Å²) in [5.74, 6) is -0.789. The first kappa shape index (κ1) is 21.5. The Kier molecular flexibility index (Phi) is 6.96. The summed E-state index contributed by atoms with van der Waals surface area (Å²) in [6, 6.07) is 6.99. The van der Waals surface area contributed by atoms with Crippen LogP contribution in [-0.2, 0) is 9.53 Å². The third kappa shape index (κ3) is 4.92. The highest BCUT2D eigenvalue weighted by Crippen LogP contribution is 2.39. The number of nitrogens with zero attached hydrogens (tertiary/aromatic N) is 1. The van der Waals surface area contributed by atoms with E-state index < -0.39 is 23.4 Å². The molecule has 0 radical (unpaired) electrons. The molecule has 2 rings (SSSR count). The van der Waals surface area contributed by atoms with Crippen molar-refractivity contribution < 1.29 is 33.5 Å². The van der Waals surface area contributed by atoms with Gasteiger partial charge >= 0.3 is 5.97 Å². The number of anilines is 1. The Bertz CT molecular complexity index is 942. The largest absolute Gasteiger partial charge is 0.493 e. The van der Waals surface area contributed by atoms with Crippen LogP contribution in [0.2, 0.25) is 0 Å². The summed E-state index contributed by atoms with van der Waals surface area (Å²) >= 11 is 0. The molecule has 0 aliphatic heterocycles. The highest BCUT2D eigenvalue weighted by molar-refractivity contribution is 5.98. The number of ether oxygens (including phenoxy) is 4. The zero-order valence-electron chi connectivity index (χ0n) is 16.3. The maximum absolute atomic E-state index is 12.4. The summed E-state index contributed by atoms with van der Waals surface area (Å²) < 4.78 is 20.6. The predicted molar refractivity (Wildman–Crippen MR) is 103 cm³/mol. The van der Waals surface area contributed by atoms with Crippen molar-refractivity contribution in [3.8, 4) is 17.2 Å². The van der Waals surface area contributed by atoms with Crippen LogP contribution in [-0.4, -0.2) is 44.7 Å². The molecular formula is C19H20N2O8. The van der Waals surface area contributed by atoms with Crippen LogP contribution in [0, 0.1) is 17.0 Å². The number of carbonyl (C=O) groups excluding carboxylic acids is 2. The van der Waals surface area contributed by atoms with Crippen molar-refractivity contribution in [3.63, 3.8) is 0 Å². The van der Waals surface area contributed by atoms with Gasteiger partial charge in [-0.2, -0.15) is 0 Å². The predicted octanol–water partition coefficient (Wildman–Crippen LogP) is 2.72. The molecule has 0 fully saturated rings. The second kappa shape index (κ2) is 9.40. The number of methoxy groups -OCH3 is 3. The Morgan fingerprint density at radius 3 is 2.31 bits per heavy atom. The van der Waals surface area contributed by atoms with E-state index in [1.165, 1.54) is 51.7 Å². The number of aryl methyl sites for hydroxylation is 1. The Balaban J connectivity index is 2.11. The van der Waals surface area contributed by atoms with Crippen LogP contribution in [0.3, 0.4) is 0 Å². The zero-order chi connectivity index (χ0) is 21.6. The molecule has 0 bridgehead atoms. The van der Waals surface area contributed by atoms with Gasteiger partial charge in [0.25, 0.3) is 11.6 Å². The van der Waals surface area contributed by atoms with Crippen LogP contribution < -0.4 is 19.5 Å². The Morgan fingerprint density at radius 1 is 1.03 bits per heavy atom. The summed E-state index contributed by atoms with van der Waals surface area (Å²) in [6.45, 7) is 1.08. The molecular weight excluding hydrogens is 384 g/mol. The minimum atomic E-state index is -0.811. The summed E-state index contributed by atoms with van der Waals surface area (Å²) in [6.07, 6.45) is 0. The lowest BCUT2D eigenvalue weighted by atomic mass is 10.1. The summed E-state index contributed by atoms with van der Waals surface area (Å²) in [5.41, 5.74) is 0.753. The van der Waals surface area contributed by atoms with Crippen LogP contribution in [0.4, 0.5) is 11.4 Å². The van der Waals surface area contributed by atoms with E-state index >= 15 is 0 Å². The van der Waals surface area contributed by atoms with Gasteiger partial charge in [-0.1, -0.05) is 6.07 Å². The molecule has 0 saturated carbocycles. The highest BCUT2D eigenvalue weighted by atomic mass is 16.6. The van der Waals surface area contributed by atoms with Gasteiger partial charge in [0.1, 0.15) is 5.56 Å². The Hall–Kier alpha value is -3.82. The fourth-order valence-corrected chi connectivity index (χ4v) is 2.52. The maximum atomic E-state index is 12.4. The molecule has 2 aromatic carbocycles. The number of esters is 1. The third-order valence-electron chi connectivity index (χ3n) is 3.96. The van der Waals surface area contributed by atoms with Crippen LogP contribution in [0.5, 0.6) is 17.2 Å². The van der Waals surface area contributed by atoms with Crippen LogP contribution in [0.15, 0.2) is 30.3 Å². The molecule has 10 nitrogen and oxygen atoms in total. The molecule has 0 unspecified atom stereocenters. The smallest absolute Gasteiger partial charge is 0.342 e. The number of benzene rings is 2. The first-order chi connectivity index (χ1) is 13.8. The lowest BCUT2D eigenvalue weighted by Gasteiger charge is -2.15. The maximum Gasteiger partial charge on any atom is 0.342 e. The SMILES string of the molecule is COc1ccc(C(=O)OCC(=O)Nc2cc([N+](=O)[O-])ccc2C)c(OC)c1OC. The van der Waals surface area contributed by atoms with E-state index in [-0.39, 0.29) is 28.4 Å². The van der Waals surface area contributed by atoms with E-state index in [9.17, 15) is 19.7 Å². The zero-order valence-corrected chi connectivity index (χ0v) is 16.3. The standard InChI is InChI=1S/C19H20N2O8/c1-11-5-6-12(21(24)25)9-14(11)20-16(22)10-29-19(23)13-7-8-15(26-2)18(28-4)17(13)27-3/h5-9H,10H2,1-4H3,(H,20,22). The van der Waals surface area contributed by atoms with Crippen molar-refractivity contribution in [1.82, 2.24) is 0 Å². The number of hydrogen-bond acceptors (Lipinski definition) is 8. The number of amides is 1. The summed E-state index contributed by atoms with van der Waals surface area (Å²) in [7, 11) is 4.19. The molecule has 0 heterocycles. The van der Waals surface area contributed by atoms with Gasteiger partial charge in [-0.15, -0.1) is 0 Å². The number of nitrogens with one attached hydrogen (secondary N) is 1. The topological polar surface area (TPSA) is 126 Å².